The summed E-state index contributed by atoms with van der Waals surface area (Å²) in [5, 5.41) is 5.05. The first-order valence-corrected chi connectivity index (χ1v) is 13.8. The number of rotatable bonds is 9. The molecule has 0 amide bonds. The Labute approximate surface area is 218 Å². The van der Waals surface area contributed by atoms with Gasteiger partial charge >= 0.3 is 0 Å². The Morgan fingerprint density at radius 2 is 0.861 bits per heavy atom. The average molecular weight is 517 g/mol. The van der Waals surface area contributed by atoms with E-state index in [1.54, 1.807) is 14.2 Å². The fourth-order valence-electron chi connectivity index (χ4n) is 4.12. The van der Waals surface area contributed by atoms with Gasteiger partial charge < -0.3 is 19.3 Å². The first-order chi connectivity index (χ1) is 17.4. The first-order valence-electron chi connectivity index (χ1n) is 11.8. The Kier molecular flexibility index (Phi) is 8.52. The van der Waals surface area contributed by atoms with Crippen molar-refractivity contribution in [1.82, 2.24) is 0 Å². The van der Waals surface area contributed by atoms with Crippen LogP contribution in [0.15, 0.2) is 84.9 Å². The molecule has 186 valence electrons. The highest BCUT2D eigenvalue weighted by Gasteiger charge is 2.20. The number of nitrogens with zero attached hydrogens (tertiary/aromatic N) is 2. The van der Waals surface area contributed by atoms with Gasteiger partial charge in [-0.1, -0.05) is 65.7 Å². The van der Waals surface area contributed by atoms with Crippen LogP contribution in [0.25, 0.3) is 11.1 Å². The molecule has 0 bridgehead atoms. The summed E-state index contributed by atoms with van der Waals surface area (Å²) in [6, 6.07) is 30.2. The van der Waals surface area contributed by atoms with E-state index in [1.807, 2.05) is 12.1 Å². The predicted octanol–water partition coefficient (Wildman–Crippen LogP) is 4.76. The Bertz CT molecular complexity index is 1200. The number of hydrogen-bond acceptors (Lipinski definition) is 4. The normalized spacial score (nSPS) is 11.4. The first kappa shape index (κ1) is 26.0. The highest BCUT2D eigenvalue weighted by molar-refractivity contribution is 7.56. The van der Waals surface area contributed by atoms with Gasteiger partial charge in [0.05, 0.1) is 14.2 Å². The monoisotopic (exact) mass is 516 g/mol. The molecule has 0 saturated carbocycles. The van der Waals surface area contributed by atoms with Crippen molar-refractivity contribution >= 4 is 49.8 Å². The van der Waals surface area contributed by atoms with Gasteiger partial charge in [0.1, 0.15) is 11.5 Å². The molecule has 0 aliphatic heterocycles. The fourth-order valence-corrected chi connectivity index (χ4v) is 6.52. The summed E-state index contributed by atoms with van der Waals surface area (Å²) in [5.41, 5.74) is 4.62. The van der Waals surface area contributed by atoms with E-state index in [1.165, 1.54) is 32.6 Å². The van der Waals surface area contributed by atoms with Crippen molar-refractivity contribution < 1.29 is 9.47 Å². The number of anilines is 2. The van der Waals surface area contributed by atoms with Gasteiger partial charge in [-0.2, -0.15) is 0 Å². The number of benzene rings is 4. The smallest absolute Gasteiger partial charge is 0.127 e. The van der Waals surface area contributed by atoms with Crippen LogP contribution in [0, 0.1) is 0 Å². The Balaban J connectivity index is 1.79. The summed E-state index contributed by atoms with van der Waals surface area (Å²) in [6.45, 7) is 0. The second-order valence-electron chi connectivity index (χ2n) is 8.90. The minimum atomic E-state index is 0.491. The maximum atomic E-state index is 5.92. The summed E-state index contributed by atoms with van der Waals surface area (Å²) >= 11 is 0. The standard InChI is InChI=1S/C30H34N2O2P2/c1-31(2)21-13-17-23(18-14-21)35-27-11-7-9-25(33-5)29(27)30-26(34-6)10-8-12-28(30)36-24-19-15-22(16-20-24)32(3)4/h7-20,35-36H,1-6H3. The molecule has 6 heteroatoms. The topological polar surface area (TPSA) is 24.9 Å². The van der Waals surface area contributed by atoms with Crippen molar-refractivity contribution in [3.8, 4) is 22.6 Å². The third kappa shape index (κ3) is 5.84. The van der Waals surface area contributed by atoms with Crippen LogP contribution in [-0.4, -0.2) is 42.4 Å². The lowest BCUT2D eigenvalue weighted by Crippen LogP contribution is -2.15. The van der Waals surface area contributed by atoms with E-state index in [2.05, 4.69) is 111 Å². The quantitative estimate of drug-likeness (QED) is 0.300. The van der Waals surface area contributed by atoms with Crippen LogP contribution >= 0.6 is 17.2 Å². The van der Waals surface area contributed by atoms with Crippen molar-refractivity contribution in [2.24, 2.45) is 0 Å². The predicted molar refractivity (Wildman–Crippen MR) is 162 cm³/mol. The Hall–Kier alpha value is -3.06. The summed E-state index contributed by atoms with van der Waals surface area (Å²) in [6.07, 6.45) is 0. The van der Waals surface area contributed by atoms with Crippen LogP contribution in [0.4, 0.5) is 11.4 Å². The third-order valence-corrected chi connectivity index (χ3v) is 8.68. The van der Waals surface area contributed by atoms with Gasteiger partial charge in [0, 0.05) is 50.7 Å². The second kappa shape index (κ2) is 11.8. The van der Waals surface area contributed by atoms with E-state index in [9.17, 15) is 0 Å². The molecule has 0 spiro atoms. The van der Waals surface area contributed by atoms with Crippen LogP contribution in [0.3, 0.4) is 0 Å². The van der Waals surface area contributed by atoms with Gasteiger partial charge in [-0.25, -0.2) is 0 Å². The van der Waals surface area contributed by atoms with Crippen molar-refractivity contribution in [2.45, 2.75) is 0 Å². The molecule has 2 atom stereocenters. The van der Waals surface area contributed by atoms with Crippen molar-refractivity contribution in [3.05, 3.63) is 84.9 Å². The van der Waals surface area contributed by atoms with Crippen LogP contribution in [0.2, 0.25) is 0 Å². The highest BCUT2D eigenvalue weighted by atomic mass is 31.1. The van der Waals surface area contributed by atoms with Gasteiger partial charge in [0.15, 0.2) is 0 Å². The fraction of sp³-hybridized carbons (Fsp3) is 0.200. The van der Waals surface area contributed by atoms with Crippen molar-refractivity contribution in [3.63, 3.8) is 0 Å². The molecule has 0 heterocycles. The van der Waals surface area contributed by atoms with Crippen LogP contribution in [0.1, 0.15) is 0 Å². The molecule has 4 aromatic carbocycles. The van der Waals surface area contributed by atoms with Gasteiger partial charge in [-0.15, -0.1) is 0 Å². The molecule has 0 N–H and O–H groups in total. The van der Waals surface area contributed by atoms with Gasteiger partial charge in [0.25, 0.3) is 0 Å². The minimum Gasteiger partial charge on any atom is -0.496 e. The van der Waals surface area contributed by atoms with Crippen molar-refractivity contribution in [2.75, 3.05) is 52.2 Å². The van der Waals surface area contributed by atoms with E-state index >= 15 is 0 Å². The third-order valence-electron chi connectivity index (χ3n) is 6.07. The molecule has 0 aliphatic carbocycles. The lowest BCUT2D eigenvalue weighted by Gasteiger charge is -2.20. The largest absolute Gasteiger partial charge is 0.496 e. The second-order valence-corrected chi connectivity index (χ2v) is 11.6. The van der Waals surface area contributed by atoms with Gasteiger partial charge in [-0.3, -0.25) is 0 Å². The van der Waals surface area contributed by atoms with Crippen LogP contribution in [-0.2, 0) is 0 Å². The molecule has 0 aromatic heterocycles. The lowest BCUT2D eigenvalue weighted by molar-refractivity contribution is 0.411. The lowest BCUT2D eigenvalue weighted by atomic mass is 10.0. The zero-order valence-corrected chi connectivity index (χ0v) is 23.8. The zero-order valence-electron chi connectivity index (χ0n) is 21.8. The Morgan fingerprint density at radius 3 is 1.17 bits per heavy atom. The zero-order chi connectivity index (χ0) is 25.7. The van der Waals surface area contributed by atoms with Gasteiger partial charge in [0.2, 0.25) is 0 Å². The molecule has 4 aromatic rings. The molecule has 0 radical (unpaired) electrons. The van der Waals surface area contributed by atoms with E-state index in [0.717, 1.165) is 22.6 Å². The average Bonchev–Trinajstić information content (AvgIpc) is 2.89. The van der Waals surface area contributed by atoms with E-state index in [4.69, 9.17) is 9.47 Å². The van der Waals surface area contributed by atoms with Crippen LogP contribution in [0.5, 0.6) is 11.5 Å². The van der Waals surface area contributed by atoms with Crippen molar-refractivity contribution in [1.29, 1.82) is 0 Å². The molecule has 4 rings (SSSR count). The maximum Gasteiger partial charge on any atom is 0.127 e. The summed E-state index contributed by atoms with van der Waals surface area (Å²) < 4.78 is 11.8. The Morgan fingerprint density at radius 1 is 0.500 bits per heavy atom. The van der Waals surface area contributed by atoms with E-state index in [0.29, 0.717) is 17.2 Å². The van der Waals surface area contributed by atoms with E-state index < -0.39 is 0 Å². The summed E-state index contributed by atoms with van der Waals surface area (Å²) in [7, 11) is 12.7. The number of ether oxygens (including phenoxy) is 2. The van der Waals surface area contributed by atoms with Gasteiger partial charge in [-0.05, 0) is 57.6 Å². The molecule has 0 fully saturated rings. The number of methoxy groups -OCH3 is 2. The molecule has 0 saturated heterocycles. The maximum absolute atomic E-state index is 5.92. The number of hydrogen-bond donors (Lipinski definition) is 0. The minimum absolute atomic E-state index is 0.491. The molecule has 4 nitrogen and oxygen atoms in total. The SMILES string of the molecule is COc1cccc(Pc2ccc(N(C)C)cc2)c1-c1c(OC)cccc1Pc1ccc(N(C)C)cc1. The molecular formula is C30H34N2O2P2. The summed E-state index contributed by atoms with van der Waals surface area (Å²) in [4.78, 5) is 4.24. The molecular weight excluding hydrogens is 482 g/mol. The summed E-state index contributed by atoms with van der Waals surface area (Å²) in [5.74, 6) is 1.73. The molecule has 2 unspecified atom stereocenters. The van der Waals surface area contributed by atoms with Crippen LogP contribution < -0.4 is 40.5 Å². The highest BCUT2D eigenvalue weighted by Crippen LogP contribution is 2.39. The van der Waals surface area contributed by atoms with E-state index in [-0.39, 0.29) is 0 Å². The molecule has 0 aliphatic rings. The molecule has 36 heavy (non-hydrogen) atoms.